The number of likely N-dealkylation sites (tertiary alicyclic amines) is 1. The first kappa shape index (κ1) is 18.0. The van der Waals surface area contributed by atoms with Gasteiger partial charge in [-0.1, -0.05) is 42.5 Å². The highest BCUT2D eigenvalue weighted by Crippen LogP contribution is 2.30. The molecular formula is C21H24N2O3. The summed E-state index contributed by atoms with van der Waals surface area (Å²) in [6.07, 6.45) is 0.551. The van der Waals surface area contributed by atoms with Gasteiger partial charge in [0.25, 0.3) is 0 Å². The van der Waals surface area contributed by atoms with E-state index in [0.29, 0.717) is 12.1 Å². The molecule has 1 aliphatic rings. The first-order valence-corrected chi connectivity index (χ1v) is 8.88. The first-order valence-electron chi connectivity index (χ1n) is 8.88. The summed E-state index contributed by atoms with van der Waals surface area (Å²) in [6.45, 7) is 2.85. The van der Waals surface area contributed by atoms with E-state index in [1.165, 1.54) is 11.9 Å². The highest BCUT2D eigenvalue weighted by atomic mass is 16.4. The van der Waals surface area contributed by atoms with Crippen molar-refractivity contribution < 1.29 is 14.7 Å². The highest BCUT2D eigenvalue weighted by molar-refractivity contribution is 5.85. The third-order valence-corrected chi connectivity index (χ3v) is 5.19. The molecule has 136 valence electrons. The molecule has 0 radical (unpaired) electrons. The summed E-state index contributed by atoms with van der Waals surface area (Å²) in [4.78, 5) is 27.0. The van der Waals surface area contributed by atoms with Gasteiger partial charge in [-0.05, 0) is 43.0 Å². The molecule has 1 unspecified atom stereocenters. The molecule has 2 atom stereocenters. The average molecular weight is 352 g/mol. The van der Waals surface area contributed by atoms with Gasteiger partial charge in [0.15, 0.2) is 0 Å². The third-order valence-electron chi connectivity index (χ3n) is 5.19. The SMILES string of the molecule is C[C@H](c1ccccc1)N1CCC(Cc2ccc(N(C)C(=O)O)cc2)C1=O. The first-order chi connectivity index (χ1) is 12.5. The van der Waals surface area contributed by atoms with E-state index in [-0.39, 0.29) is 17.9 Å². The Morgan fingerprint density at radius 2 is 1.85 bits per heavy atom. The standard InChI is InChI=1S/C21H24N2O3/c1-15(17-6-4-3-5-7-17)23-13-12-18(20(23)24)14-16-8-10-19(11-9-16)22(2)21(25)26/h3-11,15,18H,12-14H2,1-2H3,(H,25,26)/t15-,18?/m1/s1. The molecule has 0 aliphatic carbocycles. The Labute approximate surface area is 153 Å². The fraction of sp³-hybridized carbons (Fsp3) is 0.333. The lowest BCUT2D eigenvalue weighted by atomic mass is 9.97. The van der Waals surface area contributed by atoms with Crippen LogP contribution in [0.3, 0.4) is 0 Å². The number of amides is 2. The number of hydrogen-bond donors (Lipinski definition) is 1. The van der Waals surface area contributed by atoms with Crippen molar-refractivity contribution in [2.45, 2.75) is 25.8 Å². The van der Waals surface area contributed by atoms with Crippen molar-refractivity contribution in [1.82, 2.24) is 4.90 Å². The van der Waals surface area contributed by atoms with E-state index in [2.05, 4.69) is 19.1 Å². The second kappa shape index (κ2) is 7.60. The normalized spacial score (nSPS) is 18.0. The van der Waals surface area contributed by atoms with Crippen LogP contribution in [0.1, 0.15) is 30.5 Å². The fourth-order valence-corrected chi connectivity index (χ4v) is 3.50. The van der Waals surface area contributed by atoms with Gasteiger partial charge in [0.1, 0.15) is 0 Å². The average Bonchev–Trinajstić information content (AvgIpc) is 3.02. The number of benzene rings is 2. The van der Waals surface area contributed by atoms with Crippen LogP contribution in [0.25, 0.3) is 0 Å². The van der Waals surface area contributed by atoms with Crippen LogP contribution in [0, 0.1) is 5.92 Å². The number of anilines is 1. The van der Waals surface area contributed by atoms with E-state index in [9.17, 15) is 9.59 Å². The molecule has 5 heteroatoms. The van der Waals surface area contributed by atoms with Gasteiger partial charge in [0, 0.05) is 25.2 Å². The van der Waals surface area contributed by atoms with Crippen LogP contribution in [0.2, 0.25) is 0 Å². The summed E-state index contributed by atoms with van der Waals surface area (Å²) < 4.78 is 0. The lowest BCUT2D eigenvalue weighted by Gasteiger charge is -2.25. The van der Waals surface area contributed by atoms with Crippen molar-refractivity contribution >= 4 is 17.7 Å². The van der Waals surface area contributed by atoms with Crippen molar-refractivity contribution in [2.24, 2.45) is 5.92 Å². The van der Waals surface area contributed by atoms with Gasteiger partial charge in [0.05, 0.1) is 6.04 Å². The Kier molecular flexibility index (Phi) is 5.26. The molecule has 0 aromatic heterocycles. The molecule has 26 heavy (non-hydrogen) atoms. The predicted molar refractivity (Wildman–Crippen MR) is 101 cm³/mol. The predicted octanol–water partition coefficient (Wildman–Crippen LogP) is 3.95. The number of carbonyl (C=O) groups is 2. The quantitative estimate of drug-likeness (QED) is 0.886. The topological polar surface area (TPSA) is 60.9 Å². The summed E-state index contributed by atoms with van der Waals surface area (Å²) in [6, 6.07) is 17.6. The molecule has 1 saturated heterocycles. The van der Waals surface area contributed by atoms with Crippen LogP contribution in [0.4, 0.5) is 10.5 Å². The largest absolute Gasteiger partial charge is 0.465 e. The van der Waals surface area contributed by atoms with Crippen LogP contribution in [-0.2, 0) is 11.2 Å². The number of carbonyl (C=O) groups excluding carboxylic acids is 1. The minimum absolute atomic E-state index is 0.00999. The van der Waals surface area contributed by atoms with Crippen molar-refractivity contribution in [3.8, 4) is 0 Å². The Bertz CT molecular complexity index is 774. The zero-order valence-corrected chi connectivity index (χ0v) is 15.1. The molecule has 0 saturated carbocycles. The second-order valence-electron chi connectivity index (χ2n) is 6.82. The van der Waals surface area contributed by atoms with E-state index >= 15 is 0 Å². The molecule has 2 aromatic rings. The van der Waals surface area contributed by atoms with E-state index in [4.69, 9.17) is 5.11 Å². The van der Waals surface area contributed by atoms with Crippen molar-refractivity contribution in [1.29, 1.82) is 0 Å². The molecule has 1 heterocycles. The highest BCUT2D eigenvalue weighted by Gasteiger charge is 2.34. The molecule has 2 amide bonds. The lowest BCUT2D eigenvalue weighted by Crippen LogP contribution is -2.30. The Hall–Kier alpha value is -2.82. The van der Waals surface area contributed by atoms with Crippen molar-refractivity contribution in [2.75, 3.05) is 18.5 Å². The van der Waals surface area contributed by atoms with Gasteiger partial charge in [-0.3, -0.25) is 9.69 Å². The number of rotatable bonds is 5. The fourth-order valence-electron chi connectivity index (χ4n) is 3.50. The maximum atomic E-state index is 12.8. The second-order valence-corrected chi connectivity index (χ2v) is 6.82. The lowest BCUT2D eigenvalue weighted by molar-refractivity contribution is -0.132. The van der Waals surface area contributed by atoms with Gasteiger partial charge in [0.2, 0.25) is 5.91 Å². The summed E-state index contributed by atoms with van der Waals surface area (Å²) >= 11 is 0. The Morgan fingerprint density at radius 1 is 1.19 bits per heavy atom. The monoisotopic (exact) mass is 352 g/mol. The van der Waals surface area contributed by atoms with Gasteiger partial charge in [-0.2, -0.15) is 0 Å². The number of carboxylic acid groups (broad SMARTS) is 1. The van der Waals surface area contributed by atoms with Gasteiger partial charge < -0.3 is 10.0 Å². The summed E-state index contributed by atoms with van der Waals surface area (Å²) in [5.41, 5.74) is 2.83. The third kappa shape index (κ3) is 3.72. The van der Waals surface area contributed by atoms with E-state index < -0.39 is 6.09 Å². The molecule has 1 N–H and O–H groups in total. The van der Waals surface area contributed by atoms with Crippen molar-refractivity contribution in [3.05, 3.63) is 65.7 Å². The van der Waals surface area contributed by atoms with Crippen LogP contribution in [0.15, 0.2) is 54.6 Å². The maximum Gasteiger partial charge on any atom is 0.411 e. The molecule has 1 aliphatic heterocycles. The van der Waals surface area contributed by atoms with E-state index in [1.54, 1.807) is 12.1 Å². The Morgan fingerprint density at radius 3 is 2.46 bits per heavy atom. The minimum Gasteiger partial charge on any atom is -0.465 e. The van der Waals surface area contributed by atoms with Gasteiger partial charge >= 0.3 is 6.09 Å². The van der Waals surface area contributed by atoms with Gasteiger partial charge in [-0.15, -0.1) is 0 Å². The molecule has 2 aromatic carbocycles. The smallest absolute Gasteiger partial charge is 0.411 e. The minimum atomic E-state index is -0.991. The molecular weight excluding hydrogens is 328 g/mol. The summed E-state index contributed by atoms with van der Waals surface area (Å²) in [7, 11) is 1.51. The molecule has 5 nitrogen and oxygen atoms in total. The summed E-state index contributed by atoms with van der Waals surface area (Å²) in [5.74, 6) is 0.192. The van der Waals surface area contributed by atoms with Crippen LogP contribution < -0.4 is 4.90 Å². The van der Waals surface area contributed by atoms with Crippen LogP contribution in [0.5, 0.6) is 0 Å². The molecule has 1 fully saturated rings. The van der Waals surface area contributed by atoms with E-state index in [1.807, 2.05) is 35.2 Å². The van der Waals surface area contributed by atoms with Gasteiger partial charge in [-0.25, -0.2) is 4.79 Å². The van der Waals surface area contributed by atoms with Crippen molar-refractivity contribution in [3.63, 3.8) is 0 Å². The molecule has 0 spiro atoms. The van der Waals surface area contributed by atoms with E-state index in [0.717, 1.165) is 24.1 Å². The molecule has 0 bridgehead atoms. The molecule has 3 rings (SSSR count). The zero-order chi connectivity index (χ0) is 18.7. The van der Waals surface area contributed by atoms with Crippen LogP contribution >= 0.6 is 0 Å². The number of nitrogens with zero attached hydrogens (tertiary/aromatic N) is 2. The summed E-state index contributed by atoms with van der Waals surface area (Å²) in [5, 5.41) is 9.02. The number of hydrogen-bond acceptors (Lipinski definition) is 2. The Balaban J connectivity index is 1.65. The zero-order valence-electron chi connectivity index (χ0n) is 15.1. The maximum absolute atomic E-state index is 12.8. The van der Waals surface area contributed by atoms with Crippen LogP contribution in [-0.4, -0.2) is 35.6 Å².